The maximum Gasteiger partial charge on any atom is 0.511 e. The summed E-state index contributed by atoms with van der Waals surface area (Å²) >= 11 is 0. The smallest absolute Gasteiger partial charge is 0.463 e. The molecule has 0 saturated heterocycles. The van der Waals surface area contributed by atoms with E-state index < -0.39 is 34.2 Å². The summed E-state index contributed by atoms with van der Waals surface area (Å²) in [6, 6.07) is 20.8. The number of alkyl halides is 3. The number of hydrogen-bond acceptors (Lipinski definition) is 3. The topological polar surface area (TPSA) is 106 Å². The number of benzene rings is 3. The van der Waals surface area contributed by atoms with Crippen LogP contribution in [0.4, 0.5) is 18.0 Å². The monoisotopic (exact) mass is 560 g/mol. The Morgan fingerprint density at radius 2 is 1.46 bits per heavy atom. The molecule has 4 aromatic rings. The highest BCUT2D eigenvalue weighted by Crippen LogP contribution is 2.25. The fourth-order valence-electron chi connectivity index (χ4n) is 4.37. The van der Waals surface area contributed by atoms with Gasteiger partial charge in [-0.1, -0.05) is 71.8 Å². The lowest BCUT2D eigenvalue weighted by molar-refractivity contribution is -0.0448. The predicted molar refractivity (Wildman–Crippen MR) is 141 cm³/mol. The Bertz CT molecular complexity index is 1660. The number of para-hydroxylation sites is 2. The molecule has 206 valence electrons. The van der Waals surface area contributed by atoms with Crippen molar-refractivity contribution in [1.29, 1.82) is 0 Å². The normalized spacial score (nSPS) is 13.6. The van der Waals surface area contributed by atoms with E-state index in [1.165, 1.54) is 4.57 Å². The molecule has 0 saturated carbocycles. The number of carbonyl (C=O) groups is 1. The number of fused-ring (bicyclic) bond motifs is 1. The van der Waals surface area contributed by atoms with Crippen LogP contribution in [-0.2, 0) is 23.0 Å². The van der Waals surface area contributed by atoms with Gasteiger partial charge in [0.2, 0.25) is 5.62 Å². The second-order valence-corrected chi connectivity index (χ2v) is 11.0. The number of aryl methyl sites for hydroxylation is 2. The number of aromatic nitrogens is 2. The maximum absolute atomic E-state index is 13.2. The van der Waals surface area contributed by atoms with E-state index >= 15 is 0 Å². The Morgan fingerprint density at radius 3 is 2.00 bits per heavy atom. The van der Waals surface area contributed by atoms with Crippen LogP contribution in [-0.4, -0.2) is 40.8 Å². The minimum Gasteiger partial charge on any atom is -0.463 e. The second kappa shape index (κ2) is 11.1. The van der Waals surface area contributed by atoms with Crippen LogP contribution in [0.2, 0.25) is 0 Å². The van der Waals surface area contributed by atoms with Crippen LogP contribution in [0, 0.1) is 13.8 Å². The van der Waals surface area contributed by atoms with E-state index in [1.54, 1.807) is 45.7 Å². The van der Waals surface area contributed by atoms with Gasteiger partial charge in [-0.2, -0.15) is 13.2 Å². The highest BCUT2D eigenvalue weighted by molar-refractivity contribution is 7.90. The summed E-state index contributed by atoms with van der Waals surface area (Å²) in [5.41, 5.74) is -0.871. The standard InChI is InChI=1S/C27H27F3N4O4S/c1-18-7-11-20(12-8-18)15-22(16-31-39(37,38)27(28,29)30)34-24-6-4-3-5-23(24)33(25(34)32-26(35)36)17-21-13-9-19(2)10-14-21/h3-14,22,31H,15-17H2,1-2H3,(H,35,36). The summed E-state index contributed by atoms with van der Waals surface area (Å²) in [7, 11) is -5.65. The molecule has 8 nitrogen and oxygen atoms in total. The van der Waals surface area contributed by atoms with Crippen molar-refractivity contribution >= 4 is 27.1 Å². The maximum atomic E-state index is 13.2. The van der Waals surface area contributed by atoms with E-state index in [0.29, 0.717) is 11.0 Å². The fraction of sp³-hybridized carbons (Fsp3) is 0.259. The lowest BCUT2D eigenvalue weighted by Crippen LogP contribution is -2.42. The number of nitrogens with zero attached hydrogens (tertiary/aromatic N) is 3. The van der Waals surface area contributed by atoms with Gasteiger partial charge in [-0.05, 0) is 43.5 Å². The predicted octanol–water partition coefficient (Wildman–Crippen LogP) is 4.91. The number of carboxylic acid groups (broad SMARTS) is 1. The third-order valence-corrected chi connectivity index (χ3v) is 7.47. The van der Waals surface area contributed by atoms with Crippen LogP contribution < -0.4 is 10.3 Å². The molecule has 1 atom stereocenters. The van der Waals surface area contributed by atoms with E-state index in [4.69, 9.17) is 0 Å². The Morgan fingerprint density at radius 1 is 0.923 bits per heavy atom. The first-order valence-electron chi connectivity index (χ1n) is 12.0. The molecule has 0 spiro atoms. The molecular formula is C27H27F3N4O4S. The van der Waals surface area contributed by atoms with Gasteiger partial charge >= 0.3 is 21.6 Å². The summed E-state index contributed by atoms with van der Waals surface area (Å²) in [5.74, 6) is 0. The van der Waals surface area contributed by atoms with Crippen LogP contribution in [0.5, 0.6) is 0 Å². The Hall–Kier alpha value is -3.90. The van der Waals surface area contributed by atoms with Crippen molar-refractivity contribution in [2.75, 3.05) is 6.54 Å². The third kappa shape index (κ3) is 6.40. The van der Waals surface area contributed by atoms with Crippen molar-refractivity contribution in [3.05, 3.63) is 101 Å². The van der Waals surface area contributed by atoms with Crippen LogP contribution in [0.1, 0.15) is 28.3 Å². The molecule has 12 heteroatoms. The average molecular weight is 561 g/mol. The van der Waals surface area contributed by atoms with Crippen molar-refractivity contribution in [1.82, 2.24) is 13.9 Å². The van der Waals surface area contributed by atoms with Crippen molar-refractivity contribution < 1.29 is 31.5 Å². The van der Waals surface area contributed by atoms with E-state index in [1.807, 2.05) is 50.2 Å². The summed E-state index contributed by atoms with van der Waals surface area (Å²) in [5, 5.41) is 9.66. The highest BCUT2D eigenvalue weighted by atomic mass is 32.2. The molecule has 1 heterocycles. The van der Waals surface area contributed by atoms with Gasteiger partial charge in [-0.25, -0.2) is 17.9 Å². The lowest BCUT2D eigenvalue weighted by atomic mass is 10.0. The summed E-state index contributed by atoms with van der Waals surface area (Å²) in [6.07, 6.45) is -1.40. The summed E-state index contributed by atoms with van der Waals surface area (Å²) < 4.78 is 68.2. The largest absolute Gasteiger partial charge is 0.511 e. The van der Waals surface area contributed by atoms with Crippen LogP contribution in [0.25, 0.3) is 11.0 Å². The molecule has 2 N–H and O–H groups in total. The Balaban J connectivity index is 1.92. The molecule has 3 aromatic carbocycles. The molecule has 4 rings (SSSR count). The van der Waals surface area contributed by atoms with Crippen molar-refractivity contribution in [2.24, 2.45) is 4.99 Å². The first-order chi connectivity index (χ1) is 18.4. The van der Waals surface area contributed by atoms with E-state index in [0.717, 1.165) is 22.3 Å². The van der Waals surface area contributed by atoms with Crippen LogP contribution in [0.15, 0.2) is 77.8 Å². The van der Waals surface area contributed by atoms with Crippen molar-refractivity contribution in [2.45, 2.75) is 38.4 Å². The van der Waals surface area contributed by atoms with E-state index in [-0.39, 0.29) is 18.6 Å². The molecule has 0 radical (unpaired) electrons. The van der Waals surface area contributed by atoms with Gasteiger partial charge < -0.3 is 14.2 Å². The lowest BCUT2D eigenvalue weighted by Gasteiger charge is -2.21. The number of sulfonamides is 1. The molecule has 0 fully saturated rings. The molecule has 1 amide bonds. The van der Waals surface area contributed by atoms with E-state index in [2.05, 4.69) is 4.99 Å². The van der Waals surface area contributed by atoms with Gasteiger partial charge in [0.05, 0.1) is 23.6 Å². The third-order valence-electron chi connectivity index (χ3n) is 6.32. The van der Waals surface area contributed by atoms with Gasteiger partial charge in [-0.15, -0.1) is 4.99 Å². The minimum atomic E-state index is -5.65. The number of imidazole rings is 1. The van der Waals surface area contributed by atoms with Gasteiger partial charge in [-0.3, -0.25) is 0 Å². The summed E-state index contributed by atoms with van der Waals surface area (Å²) in [4.78, 5) is 15.7. The zero-order valence-electron chi connectivity index (χ0n) is 21.2. The van der Waals surface area contributed by atoms with Crippen LogP contribution >= 0.6 is 0 Å². The number of hydrogen-bond donors (Lipinski definition) is 2. The molecular weight excluding hydrogens is 533 g/mol. The Labute approximate surface area is 223 Å². The number of amides is 1. The first-order valence-corrected chi connectivity index (χ1v) is 13.5. The number of halogens is 3. The second-order valence-electron chi connectivity index (χ2n) is 9.27. The van der Waals surface area contributed by atoms with Gasteiger partial charge in [0, 0.05) is 6.54 Å². The molecule has 0 bridgehead atoms. The average Bonchev–Trinajstić information content (AvgIpc) is 3.16. The molecule has 1 unspecified atom stereocenters. The SMILES string of the molecule is Cc1ccc(CC(CNS(=O)(=O)C(F)(F)F)n2c(=NC(=O)O)n(Cc3ccc(C)cc3)c3ccccc32)cc1. The van der Waals surface area contributed by atoms with Crippen molar-refractivity contribution in [3.8, 4) is 0 Å². The van der Waals surface area contributed by atoms with Crippen LogP contribution in [0.3, 0.4) is 0 Å². The fourth-order valence-corrected chi connectivity index (χ4v) is 4.95. The zero-order valence-corrected chi connectivity index (χ0v) is 22.0. The minimum absolute atomic E-state index is 0.0346. The zero-order chi connectivity index (χ0) is 28.4. The van der Waals surface area contributed by atoms with Gasteiger partial charge in [0.25, 0.3) is 0 Å². The summed E-state index contributed by atoms with van der Waals surface area (Å²) in [6.45, 7) is 3.40. The Kier molecular flexibility index (Phi) is 7.98. The number of nitrogens with one attached hydrogen (secondary N) is 1. The molecule has 39 heavy (non-hydrogen) atoms. The van der Waals surface area contributed by atoms with Crippen molar-refractivity contribution in [3.63, 3.8) is 0 Å². The quantitative estimate of drug-likeness (QED) is 0.320. The molecule has 0 aliphatic carbocycles. The first kappa shape index (κ1) is 28.1. The van der Waals surface area contributed by atoms with Gasteiger partial charge in [0.1, 0.15) is 0 Å². The number of rotatable bonds is 8. The molecule has 0 aliphatic heterocycles. The highest BCUT2D eigenvalue weighted by Gasteiger charge is 2.46. The molecule has 1 aromatic heterocycles. The van der Waals surface area contributed by atoms with E-state index in [9.17, 15) is 31.5 Å². The van der Waals surface area contributed by atoms with Gasteiger partial charge in [0.15, 0.2) is 0 Å². The molecule has 0 aliphatic rings.